The number of amides is 1. The lowest BCUT2D eigenvalue weighted by Crippen LogP contribution is -2.29. The second-order valence-corrected chi connectivity index (χ2v) is 4.69. The van der Waals surface area contributed by atoms with Gasteiger partial charge in [-0.1, -0.05) is 6.07 Å². The summed E-state index contributed by atoms with van der Waals surface area (Å²) in [5, 5.41) is 12.0. The minimum atomic E-state index is -1.02. The zero-order valence-electron chi connectivity index (χ0n) is 10.2. The second kappa shape index (κ2) is 4.38. The number of rotatable bonds is 4. The van der Waals surface area contributed by atoms with Crippen LogP contribution in [0.1, 0.15) is 23.2 Å². The molecule has 0 atom stereocenters. The molecule has 6 heteroatoms. The van der Waals surface area contributed by atoms with Crippen molar-refractivity contribution in [3.05, 3.63) is 30.1 Å². The number of nitrogens with zero attached hydrogens (tertiary/aromatic N) is 2. The number of carbonyl (C=O) groups is 2. The fourth-order valence-corrected chi connectivity index (χ4v) is 2.04. The van der Waals surface area contributed by atoms with Crippen LogP contribution >= 0.6 is 0 Å². The van der Waals surface area contributed by atoms with Crippen molar-refractivity contribution in [2.45, 2.75) is 25.4 Å². The highest BCUT2D eigenvalue weighted by Crippen LogP contribution is 2.20. The summed E-state index contributed by atoms with van der Waals surface area (Å²) in [5.41, 5.74) is 1.22. The van der Waals surface area contributed by atoms with E-state index < -0.39 is 5.97 Å². The standard InChI is InChI=1S/C13H13N3O3/c17-11(15-8-4-5-8)6-16-7-14-12-9(13(18)19)2-1-3-10(12)16/h1-3,7-8H,4-6H2,(H,15,17)(H,18,19). The fourth-order valence-electron chi connectivity index (χ4n) is 2.04. The molecule has 1 amide bonds. The highest BCUT2D eigenvalue weighted by Gasteiger charge is 2.23. The first-order valence-electron chi connectivity index (χ1n) is 6.11. The quantitative estimate of drug-likeness (QED) is 0.858. The third-order valence-corrected chi connectivity index (χ3v) is 3.14. The average Bonchev–Trinajstić information content (AvgIpc) is 3.09. The molecule has 2 N–H and O–H groups in total. The van der Waals surface area contributed by atoms with Crippen molar-refractivity contribution in [2.75, 3.05) is 0 Å². The number of aromatic carboxylic acids is 1. The van der Waals surface area contributed by atoms with Gasteiger partial charge in [0.15, 0.2) is 0 Å². The Bertz CT molecular complexity index is 658. The molecule has 1 aromatic heterocycles. The third-order valence-electron chi connectivity index (χ3n) is 3.14. The van der Waals surface area contributed by atoms with Gasteiger partial charge in [0.1, 0.15) is 12.1 Å². The molecule has 2 aromatic rings. The van der Waals surface area contributed by atoms with Crippen molar-refractivity contribution < 1.29 is 14.7 Å². The Morgan fingerprint density at radius 1 is 1.42 bits per heavy atom. The summed E-state index contributed by atoms with van der Waals surface area (Å²) < 4.78 is 1.67. The van der Waals surface area contributed by atoms with E-state index in [1.165, 1.54) is 12.4 Å². The van der Waals surface area contributed by atoms with Crippen molar-refractivity contribution in [3.63, 3.8) is 0 Å². The topological polar surface area (TPSA) is 84.2 Å². The van der Waals surface area contributed by atoms with Gasteiger partial charge in [-0.05, 0) is 25.0 Å². The van der Waals surface area contributed by atoms with Gasteiger partial charge in [0.2, 0.25) is 5.91 Å². The van der Waals surface area contributed by atoms with E-state index in [2.05, 4.69) is 10.3 Å². The van der Waals surface area contributed by atoms with Crippen molar-refractivity contribution in [2.24, 2.45) is 0 Å². The first kappa shape index (κ1) is 11.7. The van der Waals surface area contributed by atoms with Gasteiger partial charge in [-0.25, -0.2) is 9.78 Å². The Hall–Kier alpha value is -2.37. The summed E-state index contributed by atoms with van der Waals surface area (Å²) in [7, 11) is 0. The largest absolute Gasteiger partial charge is 0.478 e. The summed E-state index contributed by atoms with van der Waals surface area (Å²) in [6.45, 7) is 0.163. The molecule has 0 bridgehead atoms. The molecule has 1 aliphatic rings. The van der Waals surface area contributed by atoms with Crippen molar-refractivity contribution in [3.8, 4) is 0 Å². The molecule has 0 radical (unpaired) electrons. The maximum absolute atomic E-state index is 11.7. The Morgan fingerprint density at radius 2 is 2.21 bits per heavy atom. The van der Waals surface area contributed by atoms with E-state index in [1.807, 2.05) is 0 Å². The summed E-state index contributed by atoms with van der Waals surface area (Å²) >= 11 is 0. The molecular formula is C13H13N3O3. The number of para-hydroxylation sites is 1. The van der Waals surface area contributed by atoms with E-state index in [4.69, 9.17) is 5.11 Å². The normalized spacial score (nSPS) is 14.5. The Morgan fingerprint density at radius 3 is 2.89 bits per heavy atom. The van der Waals surface area contributed by atoms with Crippen LogP contribution in [0.25, 0.3) is 11.0 Å². The number of hydrogen-bond acceptors (Lipinski definition) is 3. The van der Waals surface area contributed by atoms with E-state index in [-0.39, 0.29) is 18.0 Å². The number of carboxylic acid groups (broad SMARTS) is 1. The first-order valence-corrected chi connectivity index (χ1v) is 6.11. The average molecular weight is 259 g/mol. The Labute approximate surface area is 109 Å². The lowest BCUT2D eigenvalue weighted by Gasteiger charge is -2.05. The molecule has 98 valence electrons. The van der Waals surface area contributed by atoms with E-state index in [1.54, 1.807) is 16.7 Å². The molecule has 3 rings (SSSR count). The molecule has 1 aliphatic carbocycles. The van der Waals surface area contributed by atoms with E-state index in [0.29, 0.717) is 17.1 Å². The number of hydrogen-bond donors (Lipinski definition) is 2. The SMILES string of the molecule is O=C(Cn1cnc2c(C(=O)O)cccc21)NC1CC1. The van der Waals surface area contributed by atoms with Crippen LogP contribution in [-0.4, -0.2) is 32.6 Å². The smallest absolute Gasteiger partial charge is 0.337 e. The van der Waals surface area contributed by atoms with Gasteiger partial charge < -0.3 is 15.0 Å². The number of aromatic nitrogens is 2. The van der Waals surface area contributed by atoms with E-state index in [0.717, 1.165) is 12.8 Å². The van der Waals surface area contributed by atoms with Gasteiger partial charge in [0, 0.05) is 6.04 Å². The van der Waals surface area contributed by atoms with Gasteiger partial charge >= 0.3 is 5.97 Å². The van der Waals surface area contributed by atoms with Crippen LogP contribution in [0.5, 0.6) is 0 Å². The van der Waals surface area contributed by atoms with Crippen LogP contribution in [-0.2, 0) is 11.3 Å². The van der Waals surface area contributed by atoms with Gasteiger partial charge in [0.25, 0.3) is 0 Å². The molecule has 0 saturated heterocycles. The van der Waals surface area contributed by atoms with Crippen molar-refractivity contribution in [1.29, 1.82) is 0 Å². The number of fused-ring (bicyclic) bond motifs is 1. The number of imidazole rings is 1. The molecule has 0 spiro atoms. The van der Waals surface area contributed by atoms with Crippen LogP contribution in [0, 0.1) is 0 Å². The highest BCUT2D eigenvalue weighted by molar-refractivity contribution is 6.01. The zero-order chi connectivity index (χ0) is 13.4. The van der Waals surface area contributed by atoms with Gasteiger partial charge in [-0.15, -0.1) is 0 Å². The minimum Gasteiger partial charge on any atom is -0.478 e. The maximum Gasteiger partial charge on any atom is 0.337 e. The predicted molar refractivity (Wildman–Crippen MR) is 67.9 cm³/mol. The van der Waals surface area contributed by atoms with Crippen molar-refractivity contribution in [1.82, 2.24) is 14.9 Å². The first-order chi connectivity index (χ1) is 9.15. The molecular weight excluding hydrogens is 246 g/mol. The number of benzene rings is 1. The summed E-state index contributed by atoms with van der Waals surface area (Å²) in [5.74, 6) is -1.08. The Kier molecular flexibility index (Phi) is 2.70. The van der Waals surface area contributed by atoms with Gasteiger partial charge in [0.05, 0.1) is 17.4 Å². The monoisotopic (exact) mass is 259 g/mol. The predicted octanol–water partition coefficient (Wildman–Crippen LogP) is 1.01. The molecule has 19 heavy (non-hydrogen) atoms. The van der Waals surface area contributed by atoms with E-state index >= 15 is 0 Å². The lowest BCUT2D eigenvalue weighted by atomic mass is 10.2. The van der Waals surface area contributed by atoms with Crippen LogP contribution in [0.4, 0.5) is 0 Å². The molecule has 0 aliphatic heterocycles. The van der Waals surface area contributed by atoms with Crippen LogP contribution in [0.3, 0.4) is 0 Å². The number of carbonyl (C=O) groups excluding carboxylic acids is 1. The lowest BCUT2D eigenvalue weighted by molar-refractivity contribution is -0.121. The highest BCUT2D eigenvalue weighted by atomic mass is 16.4. The van der Waals surface area contributed by atoms with Crippen LogP contribution < -0.4 is 5.32 Å². The number of carboxylic acids is 1. The zero-order valence-corrected chi connectivity index (χ0v) is 10.2. The Balaban J connectivity index is 1.89. The number of nitrogens with one attached hydrogen (secondary N) is 1. The minimum absolute atomic E-state index is 0.0671. The molecule has 0 unspecified atom stereocenters. The molecule has 1 fully saturated rings. The summed E-state index contributed by atoms with van der Waals surface area (Å²) in [4.78, 5) is 26.9. The molecule has 1 heterocycles. The second-order valence-electron chi connectivity index (χ2n) is 4.69. The van der Waals surface area contributed by atoms with Gasteiger partial charge in [-0.3, -0.25) is 4.79 Å². The third kappa shape index (κ3) is 2.29. The molecule has 1 aromatic carbocycles. The maximum atomic E-state index is 11.7. The van der Waals surface area contributed by atoms with Crippen LogP contribution in [0.2, 0.25) is 0 Å². The van der Waals surface area contributed by atoms with Gasteiger partial charge in [-0.2, -0.15) is 0 Å². The summed E-state index contributed by atoms with van der Waals surface area (Å²) in [6.07, 6.45) is 3.59. The summed E-state index contributed by atoms with van der Waals surface area (Å²) in [6, 6.07) is 5.24. The van der Waals surface area contributed by atoms with Crippen LogP contribution in [0.15, 0.2) is 24.5 Å². The molecule has 1 saturated carbocycles. The van der Waals surface area contributed by atoms with E-state index in [9.17, 15) is 9.59 Å². The fraction of sp³-hybridized carbons (Fsp3) is 0.308. The molecule has 6 nitrogen and oxygen atoms in total. The van der Waals surface area contributed by atoms with Crippen molar-refractivity contribution >= 4 is 22.9 Å².